The van der Waals surface area contributed by atoms with Crippen LogP contribution in [-0.2, 0) is 21.2 Å². The molecule has 2 atom stereocenters. The Labute approximate surface area is 154 Å². The highest BCUT2D eigenvalue weighted by Gasteiger charge is 2.43. The van der Waals surface area contributed by atoms with Crippen molar-refractivity contribution in [3.63, 3.8) is 0 Å². The molecule has 138 valence electrons. The minimum absolute atomic E-state index is 0.0741. The van der Waals surface area contributed by atoms with Gasteiger partial charge < -0.3 is 5.32 Å². The molecule has 1 saturated carbocycles. The molecule has 2 N–H and O–H groups in total. The second-order valence-corrected chi connectivity index (χ2v) is 8.31. The van der Waals surface area contributed by atoms with Crippen LogP contribution < -0.4 is 10.0 Å². The average Bonchev–Trinajstić information content (AvgIpc) is 3.44. The summed E-state index contributed by atoms with van der Waals surface area (Å²) in [5, 5.41) is 2.99. The zero-order valence-corrected chi connectivity index (χ0v) is 15.6. The quantitative estimate of drug-likeness (QED) is 0.747. The molecular weight excluding hydrogens is 348 g/mol. The van der Waals surface area contributed by atoms with E-state index < -0.39 is 10.0 Å². The Morgan fingerprint density at radius 3 is 2.42 bits per heavy atom. The summed E-state index contributed by atoms with van der Waals surface area (Å²) in [7, 11) is -3.42. The Bertz CT molecular complexity index is 848. The lowest BCUT2D eigenvalue weighted by atomic mass is 10.1. The second kappa shape index (κ2) is 8.01. The van der Waals surface area contributed by atoms with Crippen LogP contribution >= 0.6 is 0 Å². The van der Waals surface area contributed by atoms with Crippen molar-refractivity contribution in [3.05, 3.63) is 65.7 Å². The van der Waals surface area contributed by atoms with Crippen LogP contribution in [0.5, 0.6) is 0 Å². The molecule has 2 aromatic rings. The van der Waals surface area contributed by atoms with Crippen molar-refractivity contribution in [1.82, 2.24) is 10.0 Å². The maximum Gasteiger partial charge on any atom is 0.240 e. The molecule has 0 aromatic heterocycles. The minimum atomic E-state index is -3.42. The van der Waals surface area contributed by atoms with Gasteiger partial charge in [0.25, 0.3) is 0 Å². The molecule has 0 bridgehead atoms. The van der Waals surface area contributed by atoms with Gasteiger partial charge >= 0.3 is 0 Å². The van der Waals surface area contributed by atoms with E-state index in [1.54, 1.807) is 31.2 Å². The average molecular weight is 372 g/mol. The van der Waals surface area contributed by atoms with Crippen LogP contribution in [0, 0.1) is 5.92 Å². The van der Waals surface area contributed by atoms with E-state index in [4.69, 9.17) is 0 Å². The SMILES string of the molecule is CCNS(=O)(=O)c1ccc(CCNC(=O)C2CC2c2ccccc2)cc1. The third-order valence-corrected chi connectivity index (χ3v) is 6.20. The molecule has 3 rings (SSSR count). The van der Waals surface area contributed by atoms with Crippen molar-refractivity contribution < 1.29 is 13.2 Å². The van der Waals surface area contributed by atoms with Crippen molar-refractivity contribution in [3.8, 4) is 0 Å². The highest BCUT2D eigenvalue weighted by Crippen LogP contribution is 2.47. The number of sulfonamides is 1. The van der Waals surface area contributed by atoms with Crippen molar-refractivity contribution in [2.45, 2.75) is 30.6 Å². The number of hydrogen-bond donors (Lipinski definition) is 2. The van der Waals surface area contributed by atoms with Gasteiger partial charge in [-0.15, -0.1) is 0 Å². The van der Waals surface area contributed by atoms with E-state index in [9.17, 15) is 13.2 Å². The fourth-order valence-electron chi connectivity index (χ4n) is 3.12. The zero-order valence-electron chi connectivity index (χ0n) is 14.8. The highest BCUT2D eigenvalue weighted by atomic mass is 32.2. The van der Waals surface area contributed by atoms with Crippen molar-refractivity contribution in [2.24, 2.45) is 5.92 Å². The van der Waals surface area contributed by atoms with Gasteiger partial charge in [-0.25, -0.2) is 13.1 Å². The second-order valence-electron chi connectivity index (χ2n) is 6.55. The van der Waals surface area contributed by atoms with E-state index in [1.807, 2.05) is 18.2 Å². The number of carbonyl (C=O) groups excluding carboxylic acids is 1. The molecule has 1 fully saturated rings. The molecule has 0 aliphatic heterocycles. The van der Waals surface area contributed by atoms with Crippen LogP contribution in [-0.4, -0.2) is 27.4 Å². The van der Waals surface area contributed by atoms with Crippen molar-refractivity contribution in [2.75, 3.05) is 13.1 Å². The fraction of sp³-hybridized carbons (Fsp3) is 0.350. The van der Waals surface area contributed by atoms with Gasteiger partial charge in [0.05, 0.1) is 4.90 Å². The molecule has 6 heteroatoms. The smallest absolute Gasteiger partial charge is 0.240 e. The van der Waals surface area contributed by atoms with Crippen LogP contribution in [0.3, 0.4) is 0 Å². The lowest BCUT2D eigenvalue weighted by Gasteiger charge is -2.07. The fourth-order valence-corrected chi connectivity index (χ4v) is 4.16. The summed E-state index contributed by atoms with van der Waals surface area (Å²) >= 11 is 0. The van der Waals surface area contributed by atoms with Crippen LogP contribution in [0.25, 0.3) is 0 Å². The molecule has 26 heavy (non-hydrogen) atoms. The summed E-state index contributed by atoms with van der Waals surface area (Å²) in [6.07, 6.45) is 1.59. The van der Waals surface area contributed by atoms with Crippen LogP contribution in [0.1, 0.15) is 30.4 Å². The molecule has 0 spiro atoms. The van der Waals surface area contributed by atoms with Crippen LogP contribution in [0.4, 0.5) is 0 Å². The predicted octanol–water partition coefficient (Wildman–Crippen LogP) is 2.45. The van der Waals surface area contributed by atoms with Gasteiger partial charge in [-0.1, -0.05) is 49.4 Å². The summed E-state index contributed by atoms with van der Waals surface area (Å²) in [6.45, 7) is 2.66. The molecule has 1 aliphatic rings. The van der Waals surface area contributed by atoms with Gasteiger partial charge in [0, 0.05) is 19.0 Å². The van der Waals surface area contributed by atoms with Crippen LogP contribution in [0.2, 0.25) is 0 Å². The maximum absolute atomic E-state index is 12.2. The minimum Gasteiger partial charge on any atom is -0.356 e. The summed E-state index contributed by atoms with van der Waals surface area (Å²) in [6, 6.07) is 16.9. The van der Waals surface area contributed by atoms with E-state index >= 15 is 0 Å². The number of nitrogens with one attached hydrogen (secondary N) is 2. The first-order valence-electron chi connectivity index (χ1n) is 8.92. The van der Waals surface area contributed by atoms with Crippen LogP contribution in [0.15, 0.2) is 59.5 Å². The van der Waals surface area contributed by atoms with Gasteiger partial charge in [0.1, 0.15) is 0 Å². The Morgan fingerprint density at radius 1 is 1.08 bits per heavy atom. The summed E-state index contributed by atoms with van der Waals surface area (Å²) < 4.78 is 26.3. The van der Waals surface area contributed by atoms with E-state index in [-0.39, 0.29) is 16.7 Å². The normalized spacial score (nSPS) is 19.1. The first kappa shape index (κ1) is 18.6. The van der Waals surface area contributed by atoms with Gasteiger partial charge in [-0.05, 0) is 42.0 Å². The monoisotopic (exact) mass is 372 g/mol. The number of benzene rings is 2. The Hall–Kier alpha value is -2.18. The Balaban J connectivity index is 1.46. The molecule has 2 unspecified atom stereocenters. The molecule has 0 heterocycles. The maximum atomic E-state index is 12.2. The molecular formula is C20H24N2O3S. The van der Waals surface area contributed by atoms with E-state index in [0.717, 1.165) is 12.0 Å². The third-order valence-electron chi connectivity index (χ3n) is 4.64. The van der Waals surface area contributed by atoms with Gasteiger partial charge in [-0.2, -0.15) is 0 Å². The summed E-state index contributed by atoms with van der Waals surface area (Å²) in [5.74, 6) is 0.516. The molecule has 2 aromatic carbocycles. The molecule has 0 saturated heterocycles. The molecule has 0 radical (unpaired) electrons. The van der Waals surface area contributed by atoms with E-state index in [2.05, 4.69) is 22.2 Å². The lowest BCUT2D eigenvalue weighted by molar-refractivity contribution is -0.122. The number of rotatable bonds is 8. The Kier molecular flexibility index (Phi) is 5.74. The van der Waals surface area contributed by atoms with Crippen molar-refractivity contribution in [1.29, 1.82) is 0 Å². The predicted molar refractivity (Wildman–Crippen MR) is 101 cm³/mol. The van der Waals surface area contributed by atoms with Crippen molar-refractivity contribution >= 4 is 15.9 Å². The third kappa shape index (κ3) is 4.51. The standard InChI is InChI=1S/C20H24N2O3S/c1-2-22-26(24,25)17-10-8-15(9-11-17)12-13-21-20(23)19-14-18(19)16-6-4-3-5-7-16/h3-11,18-19,22H,2,12-14H2,1H3,(H,21,23). The van der Waals surface area contributed by atoms with Gasteiger partial charge in [-0.3, -0.25) is 4.79 Å². The first-order chi connectivity index (χ1) is 12.5. The lowest BCUT2D eigenvalue weighted by Crippen LogP contribution is -2.27. The topological polar surface area (TPSA) is 75.3 Å². The number of hydrogen-bond acceptors (Lipinski definition) is 3. The highest BCUT2D eigenvalue weighted by molar-refractivity contribution is 7.89. The van der Waals surface area contributed by atoms with Gasteiger partial charge in [0.2, 0.25) is 15.9 Å². The zero-order chi connectivity index (χ0) is 18.6. The molecule has 5 nitrogen and oxygen atoms in total. The number of carbonyl (C=O) groups is 1. The van der Waals surface area contributed by atoms with Gasteiger partial charge in [0.15, 0.2) is 0 Å². The summed E-state index contributed by atoms with van der Waals surface area (Å²) in [5.41, 5.74) is 2.22. The first-order valence-corrected chi connectivity index (χ1v) is 10.4. The largest absolute Gasteiger partial charge is 0.356 e. The van der Waals surface area contributed by atoms with E-state index in [1.165, 1.54) is 5.56 Å². The summed E-state index contributed by atoms with van der Waals surface area (Å²) in [4.78, 5) is 12.5. The Morgan fingerprint density at radius 2 is 1.77 bits per heavy atom. The molecule has 1 aliphatic carbocycles. The van der Waals surface area contributed by atoms with E-state index in [0.29, 0.717) is 25.4 Å². The molecule has 1 amide bonds. The number of amides is 1.